The lowest BCUT2D eigenvalue weighted by Gasteiger charge is -2.25. The minimum atomic E-state index is -1.61. The summed E-state index contributed by atoms with van der Waals surface area (Å²) in [7, 11) is 0. The molecule has 0 radical (unpaired) electrons. The molecule has 0 rings (SSSR count). The van der Waals surface area contributed by atoms with Gasteiger partial charge in [-0.15, -0.1) is 0 Å². The fourth-order valence-electron chi connectivity index (χ4n) is 2.43. The minimum absolute atomic E-state index is 0.0216. The highest BCUT2D eigenvalue weighted by atomic mass is 16.4. The number of carbonyl (C=O) groups excluding carboxylic acids is 4. The molecule has 0 bridgehead atoms. The van der Waals surface area contributed by atoms with Gasteiger partial charge in [0.05, 0.1) is 12.6 Å². The van der Waals surface area contributed by atoms with E-state index in [1.807, 2.05) is 13.8 Å². The van der Waals surface area contributed by atoms with Crippen molar-refractivity contribution in [1.82, 2.24) is 16.0 Å². The van der Waals surface area contributed by atoms with Crippen molar-refractivity contribution in [3.8, 4) is 0 Å². The van der Waals surface area contributed by atoms with Crippen LogP contribution in [0.25, 0.3) is 0 Å². The van der Waals surface area contributed by atoms with Gasteiger partial charge >= 0.3 is 5.97 Å². The average Bonchev–Trinajstić information content (AvgIpc) is 2.60. The highest BCUT2D eigenvalue weighted by Gasteiger charge is 2.31. The molecule has 4 atom stereocenters. The van der Waals surface area contributed by atoms with Gasteiger partial charge in [0, 0.05) is 6.42 Å². The van der Waals surface area contributed by atoms with Crippen LogP contribution in [0, 0.1) is 5.92 Å². The highest BCUT2D eigenvalue weighted by Crippen LogP contribution is 2.07. The number of nitrogens with two attached hydrogens (primary N) is 2. The van der Waals surface area contributed by atoms with E-state index in [0.717, 1.165) is 0 Å². The molecule has 0 saturated heterocycles. The van der Waals surface area contributed by atoms with Crippen LogP contribution in [0.5, 0.6) is 0 Å². The van der Waals surface area contributed by atoms with Crippen LogP contribution in [-0.2, 0) is 24.0 Å². The molecule has 29 heavy (non-hydrogen) atoms. The molecule has 0 saturated carbocycles. The van der Waals surface area contributed by atoms with Crippen molar-refractivity contribution >= 4 is 29.6 Å². The smallest absolute Gasteiger partial charge is 0.328 e. The van der Waals surface area contributed by atoms with Crippen LogP contribution in [0.4, 0.5) is 0 Å². The number of aliphatic hydroxyl groups is 1. The first-order valence-electron chi connectivity index (χ1n) is 9.18. The van der Waals surface area contributed by atoms with Gasteiger partial charge in [0.25, 0.3) is 0 Å². The number of hydrogen-bond acceptors (Lipinski definition) is 7. The maximum Gasteiger partial charge on any atom is 0.328 e. The number of rotatable bonds is 13. The molecular formula is C17H31N5O7. The minimum Gasteiger partial charge on any atom is -0.480 e. The molecule has 166 valence electrons. The number of carboxylic acid groups (broad SMARTS) is 1. The summed E-state index contributed by atoms with van der Waals surface area (Å²) in [6.07, 6.45) is -1.60. The Morgan fingerprint density at radius 1 is 0.931 bits per heavy atom. The molecule has 12 heteroatoms. The zero-order valence-corrected chi connectivity index (χ0v) is 16.8. The molecule has 0 aromatic heterocycles. The molecule has 0 fully saturated rings. The molecule has 0 spiro atoms. The number of carbonyl (C=O) groups is 5. The van der Waals surface area contributed by atoms with E-state index in [2.05, 4.69) is 16.0 Å². The van der Waals surface area contributed by atoms with E-state index < -0.39 is 53.8 Å². The van der Waals surface area contributed by atoms with E-state index in [0.29, 0.717) is 0 Å². The van der Waals surface area contributed by atoms with E-state index in [1.165, 1.54) is 6.92 Å². The number of aliphatic carboxylic acids is 1. The Hall–Kier alpha value is -2.73. The van der Waals surface area contributed by atoms with Crippen molar-refractivity contribution in [1.29, 1.82) is 0 Å². The lowest BCUT2D eigenvalue weighted by Crippen LogP contribution is -2.58. The zero-order chi connectivity index (χ0) is 22.7. The van der Waals surface area contributed by atoms with Gasteiger partial charge < -0.3 is 37.6 Å². The van der Waals surface area contributed by atoms with Crippen molar-refractivity contribution in [3.63, 3.8) is 0 Å². The standard InChI is InChI=1S/C17H31N5O7/c1-8(2)6-11(20-13(25)7-18)16(27)21-10(4-5-12(19)24)15(26)22-14(9(3)23)17(28)29/h8-11,14,23H,4-7,18H2,1-3H3,(H2,19,24)(H,20,25)(H,21,27)(H,22,26)(H,28,29). The van der Waals surface area contributed by atoms with Crippen LogP contribution in [0.15, 0.2) is 0 Å². The van der Waals surface area contributed by atoms with Crippen LogP contribution < -0.4 is 27.4 Å². The summed E-state index contributed by atoms with van der Waals surface area (Å²) in [6, 6.07) is -3.90. The molecular weight excluding hydrogens is 386 g/mol. The first kappa shape index (κ1) is 26.3. The predicted octanol–water partition coefficient (Wildman–Crippen LogP) is -2.82. The maximum absolute atomic E-state index is 12.6. The van der Waals surface area contributed by atoms with Gasteiger partial charge in [-0.25, -0.2) is 4.79 Å². The second-order valence-electron chi connectivity index (χ2n) is 7.09. The number of amides is 4. The van der Waals surface area contributed by atoms with Crippen LogP contribution >= 0.6 is 0 Å². The van der Waals surface area contributed by atoms with E-state index in [1.54, 1.807) is 0 Å². The quantitative estimate of drug-likeness (QED) is 0.165. The Balaban J connectivity index is 5.42. The number of primary amides is 1. The first-order valence-corrected chi connectivity index (χ1v) is 9.18. The van der Waals surface area contributed by atoms with E-state index in [-0.39, 0.29) is 31.7 Å². The Labute approximate surface area is 168 Å². The van der Waals surface area contributed by atoms with Crippen molar-refractivity contribution in [2.24, 2.45) is 17.4 Å². The predicted molar refractivity (Wildman–Crippen MR) is 102 cm³/mol. The van der Waals surface area contributed by atoms with Crippen molar-refractivity contribution in [2.75, 3.05) is 6.54 Å². The largest absolute Gasteiger partial charge is 0.480 e. The summed E-state index contributed by atoms with van der Waals surface area (Å²) in [5.74, 6) is -4.36. The van der Waals surface area contributed by atoms with Gasteiger partial charge in [-0.05, 0) is 25.7 Å². The third kappa shape index (κ3) is 10.4. The number of aliphatic hydroxyl groups excluding tert-OH is 1. The molecule has 0 aliphatic carbocycles. The molecule has 0 aromatic rings. The molecule has 0 aliphatic rings. The fourth-order valence-corrected chi connectivity index (χ4v) is 2.43. The highest BCUT2D eigenvalue weighted by molar-refractivity contribution is 5.94. The SMILES string of the molecule is CC(C)CC(NC(=O)CN)C(=O)NC(CCC(N)=O)C(=O)NC(C(=O)O)C(C)O. The maximum atomic E-state index is 12.6. The molecule has 0 heterocycles. The Morgan fingerprint density at radius 3 is 1.90 bits per heavy atom. The van der Waals surface area contributed by atoms with Crippen LogP contribution in [-0.4, -0.2) is 70.6 Å². The first-order chi connectivity index (χ1) is 13.4. The summed E-state index contributed by atoms with van der Waals surface area (Å²) < 4.78 is 0. The molecule has 4 unspecified atom stereocenters. The Morgan fingerprint density at radius 2 is 1.48 bits per heavy atom. The fraction of sp³-hybridized carbons (Fsp3) is 0.706. The van der Waals surface area contributed by atoms with E-state index >= 15 is 0 Å². The zero-order valence-electron chi connectivity index (χ0n) is 16.8. The van der Waals surface area contributed by atoms with Gasteiger partial charge in [0.2, 0.25) is 23.6 Å². The second kappa shape index (κ2) is 12.7. The number of hydrogen-bond donors (Lipinski definition) is 7. The van der Waals surface area contributed by atoms with Gasteiger partial charge in [-0.2, -0.15) is 0 Å². The molecule has 9 N–H and O–H groups in total. The van der Waals surface area contributed by atoms with Gasteiger partial charge in [-0.1, -0.05) is 13.8 Å². The lowest BCUT2D eigenvalue weighted by atomic mass is 10.0. The molecule has 0 aromatic carbocycles. The van der Waals surface area contributed by atoms with Gasteiger partial charge in [0.1, 0.15) is 12.1 Å². The Bertz CT molecular complexity index is 609. The van der Waals surface area contributed by atoms with Crippen molar-refractivity contribution in [2.45, 2.75) is 64.3 Å². The summed E-state index contributed by atoms with van der Waals surface area (Å²) in [6.45, 7) is 4.50. The van der Waals surface area contributed by atoms with Crippen molar-refractivity contribution < 1.29 is 34.2 Å². The summed E-state index contributed by atoms with van der Waals surface area (Å²) in [5.41, 5.74) is 10.3. The van der Waals surface area contributed by atoms with Crippen LogP contribution in [0.1, 0.15) is 40.0 Å². The third-order valence-electron chi connectivity index (χ3n) is 3.90. The number of carboxylic acids is 1. The molecule has 0 aliphatic heterocycles. The van der Waals surface area contributed by atoms with Crippen LogP contribution in [0.2, 0.25) is 0 Å². The van der Waals surface area contributed by atoms with Crippen LogP contribution in [0.3, 0.4) is 0 Å². The average molecular weight is 417 g/mol. The molecule has 4 amide bonds. The topological polar surface area (TPSA) is 214 Å². The van der Waals surface area contributed by atoms with Gasteiger partial charge in [-0.3, -0.25) is 19.2 Å². The number of nitrogens with one attached hydrogen (secondary N) is 3. The van der Waals surface area contributed by atoms with Crippen molar-refractivity contribution in [3.05, 3.63) is 0 Å². The second-order valence-corrected chi connectivity index (χ2v) is 7.09. The summed E-state index contributed by atoms with van der Waals surface area (Å²) in [4.78, 5) is 58.9. The third-order valence-corrected chi connectivity index (χ3v) is 3.90. The summed E-state index contributed by atoms with van der Waals surface area (Å²) >= 11 is 0. The lowest BCUT2D eigenvalue weighted by molar-refractivity contribution is -0.145. The van der Waals surface area contributed by atoms with Gasteiger partial charge in [0.15, 0.2) is 6.04 Å². The van der Waals surface area contributed by atoms with E-state index in [9.17, 15) is 29.1 Å². The van der Waals surface area contributed by atoms with E-state index in [4.69, 9.17) is 16.6 Å². The summed E-state index contributed by atoms with van der Waals surface area (Å²) in [5, 5.41) is 25.6. The Kier molecular flexibility index (Phi) is 11.5. The normalized spacial score (nSPS) is 15.0. The molecule has 12 nitrogen and oxygen atoms in total. The monoisotopic (exact) mass is 417 g/mol.